The van der Waals surface area contributed by atoms with E-state index >= 15 is 0 Å². The standard InChI is InChI=1S/C17H21N3O5/c21-15(18-10-12-3-1-7-23-12)13-9-17(25-19-13)5-6-20(11-17)16(22)14-4-2-8-24-14/h2,4,8,12H,1,3,5-7,9-11H2,(H,18,21)/t12-,17-/m1/s1. The van der Waals surface area contributed by atoms with Crippen molar-refractivity contribution in [2.24, 2.45) is 5.16 Å². The maximum absolute atomic E-state index is 12.4. The minimum absolute atomic E-state index is 0.0914. The number of likely N-dealkylation sites (tertiary alicyclic amines) is 1. The Kier molecular flexibility index (Phi) is 4.20. The van der Waals surface area contributed by atoms with Crippen LogP contribution in [0.15, 0.2) is 28.0 Å². The molecule has 8 nitrogen and oxygen atoms in total. The third-order valence-corrected chi connectivity index (χ3v) is 4.95. The number of nitrogens with zero attached hydrogens (tertiary/aromatic N) is 2. The fraction of sp³-hybridized carbons (Fsp3) is 0.588. The van der Waals surface area contributed by atoms with Gasteiger partial charge >= 0.3 is 0 Å². The highest BCUT2D eigenvalue weighted by Crippen LogP contribution is 2.34. The zero-order valence-corrected chi connectivity index (χ0v) is 13.9. The first kappa shape index (κ1) is 16.1. The molecule has 0 aliphatic carbocycles. The number of rotatable bonds is 4. The van der Waals surface area contributed by atoms with Crippen molar-refractivity contribution < 1.29 is 23.6 Å². The summed E-state index contributed by atoms with van der Waals surface area (Å²) in [4.78, 5) is 31.9. The van der Waals surface area contributed by atoms with Gasteiger partial charge in [0.25, 0.3) is 11.8 Å². The number of hydrogen-bond acceptors (Lipinski definition) is 6. The molecule has 2 saturated heterocycles. The molecule has 1 aromatic heterocycles. The van der Waals surface area contributed by atoms with Crippen molar-refractivity contribution in [2.45, 2.75) is 37.4 Å². The van der Waals surface area contributed by atoms with Gasteiger partial charge in [0.1, 0.15) is 5.71 Å². The number of furan rings is 1. The van der Waals surface area contributed by atoms with Gasteiger partial charge in [-0.2, -0.15) is 0 Å². The summed E-state index contributed by atoms with van der Waals surface area (Å²) in [5.41, 5.74) is -0.219. The van der Waals surface area contributed by atoms with Crippen LogP contribution in [-0.2, 0) is 14.4 Å². The van der Waals surface area contributed by atoms with Gasteiger partial charge in [-0.15, -0.1) is 0 Å². The number of hydrogen-bond donors (Lipinski definition) is 1. The summed E-state index contributed by atoms with van der Waals surface area (Å²) in [6, 6.07) is 3.33. The molecule has 4 rings (SSSR count). The molecule has 0 bridgehead atoms. The molecule has 25 heavy (non-hydrogen) atoms. The van der Waals surface area contributed by atoms with E-state index in [1.54, 1.807) is 17.0 Å². The van der Waals surface area contributed by atoms with Crippen molar-refractivity contribution in [3.05, 3.63) is 24.2 Å². The Morgan fingerprint density at radius 3 is 3.12 bits per heavy atom. The van der Waals surface area contributed by atoms with E-state index < -0.39 is 5.60 Å². The predicted octanol–water partition coefficient (Wildman–Crippen LogP) is 0.936. The average Bonchev–Trinajstić information content (AvgIpc) is 3.41. The summed E-state index contributed by atoms with van der Waals surface area (Å²) in [5.74, 6) is -0.0737. The number of amides is 2. The number of oxime groups is 1. The molecule has 0 radical (unpaired) electrons. The van der Waals surface area contributed by atoms with Crippen LogP contribution in [0.2, 0.25) is 0 Å². The number of ether oxygens (including phenoxy) is 1. The molecule has 0 aromatic carbocycles. The average molecular weight is 347 g/mol. The van der Waals surface area contributed by atoms with Gasteiger partial charge in [-0.1, -0.05) is 5.16 Å². The summed E-state index contributed by atoms with van der Waals surface area (Å²) >= 11 is 0. The lowest BCUT2D eigenvalue weighted by molar-refractivity contribution is -0.115. The Morgan fingerprint density at radius 1 is 1.44 bits per heavy atom. The maximum atomic E-state index is 12.4. The van der Waals surface area contributed by atoms with Crippen LogP contribution in [0.5, 0.6) is 0 Å². The van der Waals surface area contributed by atoms with Crippen LogP contribution in [-0.4, -0.2) is 60.4 Å². The van der Waals surface area contributed by atoms with Gasteiger partial charge in [-0.25, -0.2) is 0 Å². The van der Waals surface area contributed by atoms with Gasteiger partial charge in [0.15, 0.2) is 11.4 Å². The third-order valence-electron chi connectivity index (χ3n) is 4.95. The zero-order valence-electron chi connectivity index (χ0n) is 13.9. The van der Waals surface area contributed by atoms with Crippen LogP contribution < -0.4 is 5.32 Å². The Bertz CT molecular complexity index is 680. The van der Waals surface area contributed by atoms with E-state index in [9.17, 15) is 9.59 Å². The molecule has 134 valence electrons. The van der Waals surface area contributed by atoms with E-state index in [1.165, 1.54) is 6.26 Å². The quantitative estimate of drug-likeness (QED) is 0.875. The second-order valence-corrected chi connectivity index (χ2v) is 6.79. The molecule has 0 saturated carbocycles. The molecule has 1 N–H and O–H groups in total. The predicted molar refractivity (Wildman–Crippen MR) is 87.1 cm³/mol. The van der Waals surface area contributed by atoms with Crippen LogP contribution >= 0.6 is 0 Å². The van der Waals surface area contributed by atoms with Gasteiger partial charge < -0.3 is 24.2 Å². The van der Waals surface area contributed by atoms with Crippen LogP contribution in [0, 0.1) is 0 Å². The summed E-state index contributed by atoms with van der Waals surface area (Å²) < 4.78 is 10.7. The lowest BCUT2D eigenvalue weighted by Crippen LogP contribution is -2.40. The van der Waals surface area contributed by atoms with Gasteiger partial charge in [0, 0.05) is 32.5 Å². The molecule has 1 spiro atoms. The van der Waals surface area contributed by atoms with E-state index in [0.717, 1.165) is 19.4 Å². The van der Waals surface area contributed by atoms with Gasteiger partial charge in [0.2, 0.25) is 0 Å². The Morgan fingerprint density at radius 2 is 2.36 bits per heavy atom. The monoisotopic (exact) mass is 347 g/mol. The van der Waals surface area contributed by atoms with Crippen molar-refractivity contribution in [1.29, 1.82) is 0 Å². The lowest BCUT2D eigenvalue weighted by Gasteiger charge is -2.21. The number of carbonyl (C=O) groups excluding carboxylic acids is 2. The molecule has 4 heterocycles. The largest absolute Gasteiger partial charge is 0.459 e. The highest BCUT2D eigenvalue weighted by Gasteiger charge is 2.48. The third kappa shape index (κ3) is 3.26. The molecular formula is C17H21N3O5. The van der Waals surface area contributed by atoms with Crippen molar-refractivity contribution >= 4 is 17.5 Å². The van der Waals surface area contributed by atoms with Crippen LogP contribution in [0.1, 0.15) is 36.2 Å². The van der Waals surface area contributed by atoms with Crippen LogP contribution in [0.25, 0.3) is 0 Å². The molecular weight excluding hydrogens is 326 g/mol. The number of nitrogens with one attached hydrogen (secondary N) is 1. The summed E-state index contributed by atoms with van der Waals surface area (Å²) in [5, 5.41) is 6.83. The summed E-state index contributed by atoms with van der Waals surface area (Å²) in [6.45, 7) is 2.21. The fourth-order valence-corrected chi connectivity index (χ4v) is 3.55. The normalized spacial score (nSPS) is 28.2. The summed E-state index contributed by atoms with van der Waals surface area (Å²) in [6.07, 6.45) is 4.63. The number of carbonyl (C=O) groups is 2. The van der Waals surface area contributed by atoms with E-state index in [1.807, 2.05) is 0 Å². The second-order valence-electron chi connectivity index (χ2n) is 6.79. The van der Waals surface area contributed by atoms with Crippen molar-refractivity contribution in [1.82, 2.24) is 10.2 Å². The van der Waals surface area contributed by atoms with Crippen molar-refractivity contribution in [2.75, 3.05) is 26.2 Å². The van der Waals surface area contributed by atoms with E-state index in [2.05, 4.69) is 10.5 Å². The minimum atomic E-state index is -0.598. The van der Waals surface area contributed by atoms with Crippen LogP contribution in [0.3, 0.4) is 0 Å². The first-order valence-electron chi connectivity index (χ1n) is 8.63. The molecule has 2 fully saturated rings. The molecule has 1 aromatic rings. The highest BCUT2D eigenvalue weighted by atomic mass is 16.7. The van der Waals surface area contributed by atoms with Gasteiger partial charge in [0.05, 0.1) is 18.9 Å². The highest BCUT2D eigenvalue weighted by molar-refractivity contribution is 6.39. The first-order chi connectivity index (χ1) is 12.2. The van der Waals surface area contributed by atoms with E-state index in [4.69, 9.17) is 14.0 Å². The zero-order chi connectivity index (χ0) is 17.3. The molecule has 2 amide bonds. The summed E-state index contributed by atoms with van der Waals surface area (Å²) in [7, 11) is 0. The minimum Gasteiger partial charge on any atom is -0.459 e. The molecule has 8 heteroatoms. The Balaban J connectivity index is 1.30. The Labute approximate surface area is 145 Å². The topological polar surface area (TPSA) is 93.4 Å². The Hall–Kier alpha value is -2.35. The first-order valence-corrected chi connectivity index (χ1v) is 8.63. The molecule has 0 unspecified atom stereocenters. The fourth-order valence-electron chi connectivity index (χ4n) is 3.55. The molecule has 2 atom stereocenters. The van der Waals surface area contributed by atoms with Gasteiger partial charge in [-0.05, 0) is 25.0 Å². The van der Waals surface area contributed by atoms with E-state index in [-0.39, 0.29) is 17.9 Å². The molecule has 3 aliphatic rings. The molecule has 3 aliphatic heterocycles. The second kappa shape index (κ2) is 6.51. The smallest absolute Gasteiger partial charge is 0.289 e. The lowest BCUT2D eigenvalue weighted by atomic mass is 9.96. The maximum Gasteiger partial charge on any atom is 0.289 e. The van der Waals surface area contributed by atoms with E-state index in [0.29, 0.717) is 43.9 Å². The van der Waals surface area contributed by atoms with Crippen molar-refractivity contribution in [3.8, 4) is 0 Å². The van der Waals surface area contributed by atoms with Gasteiger partial charge in [-0.3, -0.25) is 9.59 Å². The van der Waals surface area contributed by atoms with Crippen molar-refractivity contribution in [3.63, 3.8) is 0 Å². The SMILES string of the molecule is O=C(NC[C@H]1CCCO1)C1=NO[C@]2(CCN(C(=O)c3ccco3)C2)C1. The van der Waals surface area contributed by atoms with Crippen LogP contribution in [0.4, 0.5) is 0 Å².